The van der Waals surface area contributed by atoms with Crippen LogP contribution in [-0.2, 0) is 4.79 Å². The minimum Gasteiger partial charge on any atom is -0.362 e. The fraction of sp³-hybridized carbons (Fsp3) is 0.353. The van der Waals surface area contributed by atoms with Crippen molar-refractivity contribution in [2.75, 3.05) is 10.6 Å². The van der Waals surface area contributed by atoms with Crippen molar-refractivity contribution in [3.8, 4) is 0 Å². The van der Waals surface area contributed by atoms with Crippen LogP contribution >= 0.6 is 0 Å². The highest BCUT2D eigenvalue weighted by molar-refractivity contribution is 5.89. The Morgan fingerprint density at radius 2 is 1.77 bits per heavy atom. The maximum absolute atomic E-state index is 11.6. The van der Waals surface area contributed by atoms with Crippen molar-refractivity contribution < 1.29 is 4.79 Å². The molecule has 0 fully saturated rings. The third kappa shape index (κ3) is 4.84. The van der Waals surface area contributed by atoms with Gasteiger partial charge in [0.25, 0.3) is 0 Å². The largest absolute Gasteiger partial charge is 0.362 e. The fourth-order valence-electron chi connectivity index (χ4n) is 2.07. The lowest BCUT2D eigenvalue weighted by atomic mass is 10.1. The first kappa shape index (κ1) is 15.9. The molecule has 5 heteroatoms. The summed E-state index contributed by atoms with van der Waals surface area (Å²) in [5.41, 5.74) is 1.18. The molecule has 1 amide bonds. The Kier molecular flexibility index (Phi) is 5.89. The van der Waals surface area contributed by atoms with Gasteiger partial charge in [-0.05, 0) is 31.0 Å². The zero-order valence-corrected chi connectivity index (χ0v) is 13.0. The second-order valence-corrected chi connectivity index (χ2v) is 5.23. The van der Waals surface area contributed by atoms with Crippen molar-refractivity contribution in [2.45, 2.75) is 39.2 Å². The van der Waals surface area contributed by atoms with Crippen molar-refractivity contribution in [2.24, 2.45) is 0 Å². The minimum atomic E-state index is -0.0190. The first-order chi connectivity index (χ1) is 10.7. The highest BCUT2D eigenvalue weighted by Gasteiger charge is 2.07. The molecular weight excluding hydrogens is 276 g/mol. The summed E-state index contributed by atoms with van der Waals surface area (Å²) in [7, 11) is 0. The molecule has 0 saturated heterocycles. The molecule has 0 aliphatic carbocycles. The lowest BCUT2D eigenvalue weighted by Gasteiger charge is -2.14. The van der Waals surface area contributed by atoms with Gasteiger partial charge in [-0.25, -0.2) is 0 Å². The molecule has 0 bridgehead atoms. The van der Waals surface area contributed by atoms with Crippen molar-refractivity contribution in [1.82, 2.24) is 10.2 Å². The van der Waals surface area contributed by atoms with Crippen LogP contribution in [0.15, 0.2) is 42.5 Å². The highest BCUT2D eigenvalue weighted by atomic mass is 16.1. The molecule has 1 aromatic heterocycles. The van der Waals surface area contributed by atoms with Crippen LogP contribution in [0.25, 0.3) is 0 Å². The zero-order chi connectivity index (χ0) is 15.8. The predicted octanol–water partition coefficient (Wildman–Crippen LogP) is 3.78. The molecule has 0 spiro atoms. The molecule has 1 atom stereocenters. The van der Waals surface area contributed by atoms with E-state index in [1.807, 2.05) is 24.3 Å². The molecule has 0 aliphatic heterocycles. The van der Waals surface area contributed by atoms with E-state index in [0.717, 1.165) is 12.8 Å². The number of anilines is 2. The number of hydrogen-bond donors (Lipinski definition) is 2. The monoisotopic (exact) mass is 298 g/mol. The smallest absolute Gasteiger partial charge is 0.225 e. The van der Waals surface area contributed by atoms with E-state index in [2.05, 4.69) is 46.8 Å². The molecule has 2 aromatic rings. The molecule has 116 valence electrons. The summed E-state index contributed by atoms with van der Waals surface area (Å²) in [4.78, 5) is 11.6. The summed E-state index contributed by atoms with van der Waals surface area (Å²) in [5, 5.41) is 14.2. The van der Waals surface area contributed by atoms with Crippen LogP contribution in [0.5, 0.6) is 0 Å². The van der Waals surface area contributed by atoms with Crippen LogP contribution < -0.4 is 10.6 Å². The maximum atomic E-state index is 11.6. The van der Waals surface area contributed by atoms with Crippen LogP contribution in [0.4, 0.5) is 11.6 Å². The van der Waals surface area contributed by atoms with Gasteiger partial charge in [0.1, 0.15) is 5.82 Å². The van der Waals surface area contributed by atoms with Crippen molar-refractivity contribution in [3.63, 3.8) is 0 Å². The van der Waals surface area contributed by atoms with Gasteiger partial charge in [0, 0.05) is 12.5 Å². The molecule has 1 aromatic carbocycles. The normalized spacial score (nSPS) is 11.7. The number of amides is 1. The number of aromatic nitrogens is 2. The van der Waals surface area contributed by atoms with E-state index in [-0.39, 0.29) is 11.9 Å². The van der Waals surface area contributed by atoms with E-state index >= 15 is 0 Å². The van der Waals surface area contributed by atoms with Crippen molar-refractivity contribution in [1.29, 1.82) is 0 Å². The number of carbonyl (C=O) groups excluding carboxylic acids is 1. The number of rotatable bonds is 7. The van der Waals surface area contributed by atoms with Gasteiger partial charge < -0.3 is 10.6 Å². The predicted molar refractivity (Wildman–Crippen MR) is 88.7 cm³/mol. The summed E-state index contributed by atoms with van der Waals surface area (Å²) in [6, 6.07) is 13.9. The van der Waals surface area contributed by atoms with Gasteiger partial charge in [-0.15, -0.1) is 10.2 Å². The molecule has 2 N–H and O–H groups in total. The highest BCUT2D eigenvalue weighted by Crippen LogP contribution is 2.17. The first-order valence-corrected chi connectivity index (χ1v) is 7.64. The van der Waals surface area contributed by atoms with Crippen molar-refractivity contribution in [3.05, 3.63) is 48.0 Å². The van der Waals surface area contributed by atoms with E-state index in [9.17, 15) is 4.79 Å². The third-order valence-corrected chi connectivity index (χ3v) is 3.35. The average molecular weight is 298 g/mol. The van der Waals surface area contributed by atoms with E-state index < -0.39 is 0 Å². The Labute approximate surface area is 131 Å². The summed E-state index contributed by atoms with van der Waals surface area (Å²) in [5.74, 6) is 1.15. The van der Waals surface area contributed by atoms with Gasteiger partial charge in [0.05, 0.1) is 0 Å². The van der Waals surface area contributed by atoms with Gasteiger partial charge in [-0.3, -0.25) is 4.79 Å². The lowest BCUT2D eigenvalue weighted by molar-refractivity contribution is -0.116. The molecule has 0 radical (unpaired) electrons. The number of unbranched alkanes of at least 4 members (excludes halogenated alkanes) is 1. The third-order valence-electron chi connectivity index (χ3n) is 3.35. The molecule has 1 unspecified atom stereocenters. The minimum absolute atomic E-state index is 0.0190. The zero-order valence-electron chi connectivity index (χ0n) is 13.0. The molecule has 0 saturated carbocycles. The van der Waals surface area contributed by atoms with Gasteiger partial charge >= 0.3 is 0 Å². The van der Waals surface area contributed by atoms with E-state index in [1.54, 1.807) is 6.07 Å². The molecule has 1 heterocycles. The fourth-order valence-corrected chi connectivity index (χ4v) is 2.07. The van der Waals surface area contributed by atoms with Crippen LogP contribution in [0.1, 0.15) is 44.7 Å². The second-order valence-electron chi connectivity index (χ2n) is 5.23. The summed E-state index contributed by atoms with van der Waals surface area (Å²) in [6.07, 6.45) is 2.40. The van der Waals surface area contributed by atoms with Gasteiger partial charge in [0.2, 0.25) is 5.91 Å². The van der Waals surface area contributed by atoms with Gasteiger partial charge in [0.15, 0.2) is 5.82 Å². The summed E-state index contributed by atoms with van der Waals surface area (Å²) >= 11 is 0. The Balaban J connectivity index is 1.90. The second kappa shape index (κ2) is 8.12. The van der Waals surface area contributed by atoms with Crippen LogP contribution in [0.2, 0.25) is 0 Å². The van der Waals surface area contributed by atoms with Gasteiger partial charge in [-0.2, -0.15) is 0 Å². The number of hydrogen-bond acceptors (Lipinski definition) is 4. The Hall–Kier alpha value is -2.43. The number of carbonyl (C=O) groups is 1. The van der Waals surface area contributed by atoms with Crippen LogP contribution in [-0.4, -0.2) is 16.1 Å². The Morgan fingerprint density at radius 1 is 1.09 bits per heavy atom. The van der Waals surface area contributed by atoms with E-state index in [4.69, 9.17) is 0 Å². The molecule has 2 rings (SSSR count). The standard InChI is InChI=1S/C17H22N4O/c1-3-4-10-17(22)19-16-12-11-15(20-21-16)18-13(2)14-8-6-5-7-9-14/h5-9,11-13H,3-4,10H2,1-2H3,(H,18,20)(H,19,21,22). The van der Waals surface area contributed by atoms with Crippen LogP contribution in [0.3, 0.4) is 0 Å². The lowest BCUT2D eigenvalue weighted by Crippen LogP contribution is -2.13. The molecular formula is C17H22N4O. The summed E-state index contributed by atoms with van der Waals surface area (Å²) in [6.45, 7) is 4.12. The summed E-state index contributed by atoms with van der Waals surface area (Å²) < 4.78 is 0. The number of nitrogens with one attached hydrogen (secondary N) is 2. The molecule has 22 heavy (non-hydrogen) atoms. The topological polar surface area (TPSA) is 66.9 Å². The van der Waals surface area contributed by atoms with Crippen LogP contribution in [0, 0.1) is 0 Å². The number of benzene rings is 1. The Morgan fingerprint density at radius 3 is 2.41 bits per heavy atom. The number of nitrogens with zero attached hydrogens (tertiary/aromatic N) is 2. The molecule has 5 nitrogen and oxygen atoms in total. The average Bonchev–Trinajstić information content (AvgIpc) is 2.55. The van der Waals surface area contributed by atoms with Gasteiger partial charge in [-0.1, -0.05) is 43.7 Å². The Bertz CT molecular complexity index is 583. The van der Waals surface area contributed by atoms with E-state index in [0.29, 0.717) is 18.1 Å². The quantitative estimate of drug-likeness (QED) is 0.816. The SMILES string of the molecule is CCCCC(=O)Nc1ccc(NC(C)c2ccccc2)nn1. The first-order valence-electron chi connectivity index (χ1n) is 7.64. The van der Waals surface area contributed by atoms with E-state index in [1.165, 1.54) is 5.56 Å². The maximum Gasteiger partial charge on any atom is 0.225 e. The molecule has 0 aliphatic rings. The van der Waals surface area contributed by atoms with Crippen molar-refractivity contribution >= 4 is 17.5 Å².